The van der Waals surface area contributed by atoms with Crippen molar-refractivity contribution in [3.63, 3.8) is 0 Å². The van der Waals surface area contributed by atoms with Crippen LogP contribution >= 0.6 is 12.4 Å². The summed E-state index contributed by atoms with van der Waals surface area (Å²) in [7, 11) is 0. The van der Waals surface area contributed by atoms with Gasteiger partial charge in [0.15, 0.2) is 0 Å². The lowest BCUT2D eigenvalue weighted by Gasteiger charge is -2.18. The van der Waals surface area contributed by atoms with Gasteiger partial charge in [0.1, 0.15) is 6.61 Å². The molecule has 6 nitrogen and oxygen atoms in total. The van der Waals surface area contributed by atoms with Crippen molar-refractivity contribution in [3.8, 4) is 0 Å². The number of carbonyl (C=O) groups excluding carboxylic acids is 2. The van der Waals surface area contributed by atoms with Crippen LogP contribution in [0.2, 0.25) is 0 Å². The average Bonchev–Trinajstić information content (AvgIpc) is 2.58. The predicted octanol–water partition coefficient (Wildman–Crippen LogP) is 3.53. The third-order valence-corrected chi connectivity index (χ3v) is 4.06. The van der Waals surface area contributed by atoms with Gasteiger partial charge in [-0.1, -0.05) is 33.3 Å². The second-order valence-electron chi connectivity index (χ2n) is 5.94. The summed E-state index contributed by atoms with van der Waals surface area (Å²) in [6, 6.07) is 4.74. The fraction of sp³-hybridized carbons (Fsp3) is 0.579. The second-order valence-corrected chi connectivity index (χ2v) is 5.94. The van der Waals surface area contributed by atoms with Gasteiger partial charge in [0, 0.05) is 12.2 Å². The van der Waals surface area contributed by atoms with Crippen LogP contribution in [0.5, 0.6) is 0 Å². The summed E-state index contributed by atoms with van der Waals surface area (Å²) in [6.45, 7) is 10.6. The summed E-state index contributed by atoms with van der Waals surface area (Å²) in [5, 5.41) is 0. The summed E-state index contributed by atoms with van der Waals surface area (Å²) in [4.78, 5) is 27.0. The lowest BCUT2D eigenvalue weighted by molar-refractivity contribution is 0.0309. The van der Waals surface area contributed by atoms with E-state index in [0.717, 1.165) is 25.9 Å². The van der Waals surface area contributed by atoms with Gasteiger partial charge in [-0.3, -0.25) is 0 Å². The van der Waals surface area contributed by atoms with Crippen molar-refractivity contribution in [2.75, 3.05) is 32.0 Å². The highest BCUT2D eigenvalue weighted by atomic mass is 35.5. The van der Waals surface area contributed by atoms with Crippen LogP contribution in [0, 0.1) is 0 Å². The molecule has 1 unspecified atom stereocenters. The monoisotopic (exact) mass is 386 g/mol. The molecule has 148 valence electrons. The van der Waals surface area contributed by atoms with Gasteiger partial charge in [-0.25, -0.2) is 9.59 Å². The molecule has 0 saturated heterocycles. The third kappa shape index (κ3) is 7.22. The van der Waals surface area contributed by atoms with Crippen molar-refractivity contribution in [1.29, 1.82) is 0 Å². The Hall–Kier alpha value is -1.79. The molecule has 0 aliphatic carbocycles. The standard InChI is InChI=1S/C19H30N2O4.ClH/c1-5-9-14(4)25-18(22)15-10-8-11-16(20)17(15)19(23)24-13-12-21(6-2)7-3;/h8,10-11,14H,5-7,9,12-13,20H2,1-4H3;1H. The van der Waals surface area contributed by atoms with Gasteiger partial charge in [-0.05, 0) is 38.6 Å². The van der Waals surface area contributed by atoms with Crippen molar-refractivity contribution in [2.24, 2.45) is 0 Å². The van der Waals surface area contributed by atoms with Crippen molar-refractivity contribution >= 4 is 30.0 Å². The summed E-state index contributed by atoms with van der Waals surface area (Å²) in [5.41, 5.74) is 6.36. The van der Waals surface area contributed by atoms with E-state index < -0.39 is 11.9 Å². The normalized spacial score (nSPS) is 11.6. The zero-order valence-electron chi connectivity index (χ0n) is 16.1. The molecule has 1 atom stereocenters. The number of likely N-dealkylation sites (N-methyl/N-ethyl adjacent to an activating group) is 1. The first-order valence-electron chi connectivity index (χ1n) is 8.93. The number of ether oxygens (including phenoxy) is 2. The number of hydrogen-bond acceptors (Lipinski definition) is 6. The summed E-state index contributed by atoms with van der Waals surface area (Å²) in [6.07, 6.45) is 1.45. The number of nitrogen functional groups attached to an aromatic ring is 1. The number of esters is 2. The molecule has 1 aromatic rings. The molecule has 2 N–H and O–H groups in total. The number of anilines is 1. The molecule has 26 heavy (non-hydrogen) atoms. The molecular weight excluding hydrogens is 356 g/mol. The molecule has 0 heterocycles. The van der Waals surface area contributed by atoms with E-state index in [1.165, 1.54) is 0 Å². The van der Waals surface area contributed by atoms with E-state index in [1.807, 2.05) is 27.7 Å². The number of carbonyl (C=O) groups is 2. The molecule has 0 radical (unpaired) electrons. The van der Waals surface area contributed by atoms with Gasteiger partial charge < -0.3 is 20.1 Å². The van der Waals surface area contributed by atoms with E-state index in [0.29, 0.717) is 6.54 Å². The van der Waals surface area contributed by atoms with Crippen LogP contribution in [0.4, 0.5) is 5.69 Å². The Morgan fingerprint density at radius 2 is 1.81 bits per heavy atom. The average molecular weight is 387 g/mol. The largest absolute Gasteiger partial charge is 0.461 e. The number of nitrogens with two attached hydrogens (primary N) is 1. The lowest BCUT2D eigenvalue weighted by atomic mass is 10.1. The Labute approximate surface area is 162 Å². The Morgan fingerprint density at radius 1 is 1.15 bits per heavy atom. The first-order chi connectivity index (χ1) is 11.9. The Morgan fingerprint density at radius 3 is 2.38 bits per heavy atom. The highest BCUT2D eigenvalue weighted by Gasteiger charge is 2.23. The summed E-state index contributed by atoms with van der Waals surface area (Å²) < 4.78 is 10.7. The van der Waals surface area contributed by atoms with Crippen LogP contribution in [0.15, 0.2) is 18.2 Å². The SMILES string of the molecule is CCCC(C)OC(=O)c1cccc(N)c1C(=O)OCCN(CC)CC.Cl. The molecule has 7 heteroatoms. The molecule has 0 aliphatic rings. The van der Waals surface area contributed by atoms with E-state index in [2.05, 4.69) is 4.90 Å². The van der Waals surface area contributed by atoms with Gasteiger partial charge in [-0.2, -0.15) is 0 Å². The van der Waals surface area contributed by atoms with Crippen LogP contribution in [-0.2, 0) is 9.47 Å². The lowest BCUT2D eigenvalue weighted by Crippen LogP contribution is -2.28. The Balaban J connectivity index is 0.00000625. The molecule has 0 bridgehead atoms. The smallest absolute Gasteiger partial charge is 0.341 e. The molecule has 0 fully saturated rings. The van der Waals surface area contributed by atoms with E-state index in [4.69, 9.17) is 15.2 Å². The molecule has 1 rings (SSSR count). The van der Waals surface area contributed by atoms with Gasteiger partial charge in [0.25, 0.3) is 0 Å². The number of hydrogen-bond donors (Lipinski definition) is 1. The van der Waals surface area contributed by atoms with Gasteiger partial charge in [0.05, 0.1) is 17.2 Å². The molecule has 1 aromatic carbocycles. The topological polar surface area (TPSA) is 81.9 Å². The molecule has 0 spiro atoms. The highest BCUT2D eigenvalue weighted by molar-refractivity contribution is 6.06. The Kier molecular flexibility index (Phi) is 11.7. The van der Waals surface area contributed by atoms with E-state index in [9.17, 15) is 9.59 Å². The van der Waals surface area contributed by atoms with Crippen molar-refractivity contribution in [1.82, 2.24) is 4.90 Å². The fourth-order valence-corrected chi connectivity index (χ4v) is 2.56. The number of nitrogens with zero attached hydrogens (tertiary/aromatic N) is 1. The number of rotatable bonds is 10. The zero-order valence-corrected chi connectivity index (χ0v) is 16.9. The van der Waals surface area contributed by atoms with Gasteiger partial charge >= 0.3 is 11.9 Å². The molecule has 0 aliphatic heterocycles. The Bertz CT molecular complexity index is 577. The van der Waals surface area contributed by atoms with E-state index in [-0.39, 0.29) is 41.9 Å². The number of benzene rings is 1. The van der Waals surface area contributed by atoms with Gasteiger partial charge in [0.2, 0.25) is 0 Å². The summed E-state index contributed by atoms with van der Waals surface area (Å²) >= 11 is 0. The quantitative estimate of drug-likeness (QED) is 0.489. The maximum atomic E-state index is 12.4. The second kappa shape index (κ2) is 12.5. The maximum absolute atomic E-state index is 12.4. The molecule has 0 amide bonds. The van der Waals surface area contributed by atoms with Crippen LogP contribution in [0.25, 0.3) is 0 Å². The predicted molar refractivity (Wildman–Crippen MR) is 106 cm³/mol. The third-order valence-electron chi connectivity index (χ3n) is 4.06. The van der Waals surface area contributed by atoms with Gasteiger partial charge in [-0.15, -0.1) is 12.4 Å². The van der Waals surface area contributed by atoms with Crippen molar-refractivity contribution < 1.29 is 19.1 Å². The van der Waals surface area contributed by atoms with Crippen LogP contribution < -0.4 is 5.73 Å². The maximum Gasteiger partial charge on any atom is 0.341 e. The molecular formula is C19H31ClN2O4. The number of halogens is 1. The van der Waals surface area contributed by atoms with Crippen LogP contribution in [-0.4, -0.2) is 49.2 Å². The highest BCUT2D eigenvalue weighted by Crippen LogP contribution is 2.20. The summed E-state index contributed by atoms with van der Waals surface area (Å²) in [5.74, 6) is -1.15. The minimum Gasteiger partial charge on any atom is -0.461 e. The first kappa shape index (κ1) is 24.2. The molecule has 0 aromatic heterocycles. The van der Waals surface area contributed by atoms with Crippen molar-refractivity contribution in [3.05, 3.63) is 29.3 Å². The van der Waals surface area contributed by atoms with Crippen LogP contribution in [0.3, 0.4) is 0 Å². The van der Waals surface area contributed by atoms with E-state index in [1.54, 1.807) is 18.2 Å². The van der Waals surface area contributed by atoms with E-state index >= 15 is 0 Å². The minimum atomic E-state index is -0.597. The van der Waals surface area contributed by atoms with Crippen LogP contribution in [0.1, 0.15) is 61.3 Å². The first-order valence-corrected chi connectivity index (χ1v) is 8.93. The fourth-order valence-electron chi connectivity index (χ4n) is 2.56. The minimum absolute atomic E-state index is 0. The molecule has 0 saturated carbocycles. The zero-order chi connectivity index (χ0) is 18.8. The van der Waals surface area contributed by atoms with Crippen molar-refractivity contribution in [2.45, 2.75) is 46.6 Å².